The number of nitrogens with zero attached hydrogens (tertiary/aromatic N) is 2. The first-order valence-corrected chi connectivity index (χ1v) is 6.60. The molecule has 1 saturated heterocycles. The van der Waals surface area contributed by atoms with Gasteiger partial charge in [0.15, 0.2) is 0 Å². The normalized spacial score (nSPS) is 16.2. The lowest BCUT2D eigenvalue weighted by molar-refractivity contribution is -0.144. The van der Waals surface area contributed by atoms with Crippen molar-refractivity contribution >= 4 is 17.6 Å². The van der Waals surface area contributed by atoms with Gasteiger partial charge in [0, 0.05) is 19.3 Å². The maximum Gasteiger partial charge on any atom is 0.315 e. The molecule has 0 radical (unpaired) electrons. The summed E-state index contributed by atoms with van der Waals surface area (Å²) in [6, 6.07) is 3.63. The summed E-state index contributed by atoms with van der Waals surface area (Å²) in [5, 5.41) is 2.58. The van der Waals surface area contributed by atoms with Gasteiger partial charge < -0.3 is 10.2 Å². The average Bonchev–Trinajstić information content (AvgIpc) is 2.41. The predicted octanol–water partition coefficient (Wildman–Crippen LogP) is 1.59. The molecule has 1 fully saturated rings. The molecule has 5 nitrogen and oxygen atoms in total. The van der Waals surface area contributed by atoms with Crippen molar-refractivity contribution in [2.45, 2.75) is 26.7 Å². The van der Waals surface area contributed by atoms with Crippen LogP contribution in [0.4, 0.5) is 5.82 Å². The van der Waals surface area contributed by atoms with E-state index in [1.54, 1.807) is 17.2 Å². The van der Waals surface area contributed by atoms with Crippen molar-refractivity contribution in [3.8, 4) is 0 Å². The van der Waals surface area contributed by atoms with Crippen LogP contribution in [0.15, 0.2) is 18.3 Å². The summed E-state index contributed by atoms with van der Waals surface area (Å²) < 4.78 is 0. The molecule has 1 aliphatic heterocycles. The molecule has 1 aromatic rings. The summed E-state index contributed by atoms with van der Waals surface area (Å²) in [4.78, 5) is 29.6. The third kappa shape index (κ3) is 3.30. The van der Waals surface area contributed by atoms with Gasteiger partial charge in [-0.1, -0.05) is 13.0 Å². The number of pyridine rings is 1. The maximum atomic E-state index is 12.0. The van der Waals surface area contributed by atoms with Crippen LogP contribution in [0.1, 0.15) is 25.3 Å². The van der Waals surface area contributed by atoms with E-state index >= 15 is 0 Å². The van der Waals surface area contributed by atoms with E-state index in [4.69, 9.17) is 0 Å². The summed E-state index contributed by atoms with van der Waals surface area (Å²) in [6.45, 7) is 5.33. The summed E-state index contributed by atoms with van der Waals surface area (Å²) in [7, 11) is 0. The van der Waals surface area contributed by atoms with Gasteiger partial charge in [0.1, 0.15) is 5.82 Å². The van der Waals surface area contributed by atoms with Crippen LogP contribution in [0.5, 0.6) is 0 Å². The molecule has 1 aromatic heterocycles. The molecule has 2 rings (SSSR count). The minimum absolute atomic E-state index is 0.450. The van der Waals surface area contributed by atoms with Crippen LogP contribution in [0, 0.1) is 12.8 Å². The van der Waals surface area contributed by atoms with E-state index in [-0.39, 0.29) is 0 Å². The van der Waals surface area contributed by atoms with Gasteiger partial charge in [-0.3, -0.25) is 9.59 Å². The van der Waals surface area contributed by atoms with Gasteiger partial charge in [-0.05, 0) is 37.3 Å². The first-order valence-electron chi connectivity index (χ1n) is 6.60. The molecular formula is C14H19N3O2. The summed E-state index contributed by atoms with van der Waals surface area (Å²) in [5.74, 6) is 0.0182. The monoisotopic (exact) mass is 261 g/mol. The fourth-order valence-corrected chi connectivity index (χ4v) is 2.13. The molecule has 0 bridgehead atoms. The Bertz CT molecular complexity index is 479. The average molecular weight is 261 g/mol. The second-order valence-electron chi connectivity index (χ2n) is 5.10. The molecular weight excluding hydrogens is 242 g/mol. The van der Waals surface area contributed by atoms with E-state index in [9.17, 15) is 9.59 Å². The maximum absolute atomic E-state index is 12.0. The highest BCUT2D eigenvalue weighted by molar-refractivity contribution is 6.39. The fourth-order valence-electron chi connectivity index (χ4n) is 2.13. The molecule has 1 aliphatic rings. The molecule has 2 heterocycles. The number of carbonyl (C=O) groups excluding carboxylic acids is 2. The highest BCUT2D eigenvalue weighted by Gasteiger charge is 2.25. The number of nitrogens with one attached hydrogen (secondary N) is 1. The van der Waals surface area contributed by atoms with Crippen molar-refractivity contribution in [3.63, 3.8) is 0 Å². The second-order valence-corrected chi connectivity index (χ2v) is 5.10. The number of hydrogen-bond acceptors (Lipinski definition) is 3. The minimum atomic E-state index is -0.601. The zero-order valence-electron chi connectivity index (χ0n) is 11.3. The third-order valence-corrected chi connectivity index (χ3v) is 3.51. The lowest BCUT2D eigenvalue weighted by atomic mass is 9.99. The Labute approximate surface area is 113 Å². The second kappa shape index (κ2) is 5.82. The zero-order chi connectivity index (χ0) is 13.8. The SMILES string of the molecule is Cc1cccnc1NC(=O)C(=O)N1CCC(C)CC1. The Hall–Kier alpha value is -1.91. The molecule has 5 heteroatoms. The van der Waals surface area contributed by atoms with Crippen molar-refractivity contribution in [3.05, 3.63) is 23.9 Å². The number of rotatable bonds is 1. The van der Waals surface area contributed by atoms with E-state index in [0.717, 1.165) is 18.4 Å². The summed E-state index contributed by atoms with van der Waals surface area (Å²) in [5.41, 5.74) is 0.843. The molecule has 1 N–H and O–H groups in total. The van der Waals surface area contributed by atoms with Crippen LogP contribution in [-0.2, 0) is 9.59 Å². The Morgan fingerprint density at radius 3 is 2.68 bits per heavy atom. The molecule has 2 amide bonds. The number of carbonyl (C=O) groups is 2. The fraction of sp³-hybridized carbons (Fsp3) is 0.500. The molecule has 0 unspecified atom stereocenters. The number of anilines is 1. The van der Waals surface area contributed by atoms with Crippen LogP contribution in [0.3, 0.4) is 0 Å². The van der Waals surface area contributed by atoms with E-state index < -0.39 is 11.8 Å². The molecule has 0 aliphatic carbocycles. The van der Waals surface area contributed by atoms with Gasteiger partial charge in [0.25, 0.3) is 0 Å². The Morgan fingerprint density at radius 2 is 2.05 bits per heavy atom. The standard InChI is InChI=1S/C14H19N3O2/c1-10-5-8-17(9-6-10)14(19)13(18)16-12-11(2)4-3-7-15-12/h3-4,7,10H,5-6,8-9H2,1-2H3,(H,15,16,18). The topological polar surface area (TPSA) is 62.3 Å². The molecule has 0 aromatic carbocycles. The highest BCUT2D eigenvalue weighted by atomic mass is 16.2. The van der Waals surface area contributed by atoms with E-state index in [2.05, 4.69) is 17.2 Å². The zero-order valence-corrected chi connectivity index (χ0v) is 11.3. The van der Waals surface area contributed by atoms with E-state index in [0.29, 0.717) is 24.8 Å². The van der Waals surface area contributed by atoms with Crippen LogP contribution >= 0.6 is 0 Å². The first-order chi connectivity index (χ1) is 9.08. The first kappa shape index (κ1) is 13.5. The van der Waals surface area contributed by atoms with Gasteiger partial charge in [-0.2, -0.15) is 0 Å². The predicted molar refractivity (Wildman–Crippen MR) is 72.6 cm³/mol. The van der Waals surface area contributed by atoms with Crippen LogP contribution < -0.4 is 5.32 Å². The van der Waals surface area contributed by atoms with Crippen molar-refractivity contribution in [2.24, 2.45) is 5.92 Å². The lowest BCUT2D eigenvalue weighted by Crippen LogP contribution is -2.44. The third-order valence-electron chi connectivity index (χ3n) is 3.51. The highest BCUT2D eigenvalue weighted by Crippen LogP contribution is 2.16. The van der Waals surface area contributed by atoms with Gasteiger partial charge in [-0.25, -0.2) is 4.98 Å². The Kier molecular flexibility index (Phi) is 4.14. The van der Waals surface area contributed by atoms with Crippen molar-refractivity contribution < 1.29 is 9.59 Å². The number of hydrogen-bond donors (Lipinski definition) is 1. The van der Waals surface area contributed by atoms with Crippen LogP contribution in [-0.4, -0.2) is 34.8 Å². The largest absolute Gasteiger partial charge is 0.334 e. The number of amides is 2. The smallest absolute Gasteiger partial charge is 0.315 e. The van der Waals surface area contributed by atoms with Gasteiger partial charge in [0.05, 0.1) is 0 Å². The molecule has 102 valence electrons. The van der Waals surface area contributed by atoms with E-state index in [1.165, 1.54) is 0 Å². The van der Waals surface area contributed by atoms with Crippen molar-refractivity contribution in [2.75, 3.05) is 18.4 Å². The minimum Gasteiger partial charge on any atom is -0.334 e. The lowest BCUT2D eigenvalue weighted by Gasteiger charge is -2.29. The summed E-state index contributed by atoms with van der Waals surface area (Å²) >= 11 is 0. The van der Waals surface area contributed by atoms with Crippen molar-refractivity contribution in [1.82, 2.24) is 9.88 Å². The van der Waals surface area contributed by atoms with Crippen molar-refractivity contribution in [1.29, 1.82) is 0 Å². The Balaban J connectivity index is 1.96. The van der Waals surface area contributed by atoms with Gasteiger partial charge >= 0.3 is 11.8 Å². The van der Waals surface area contributed by atoms with E-state index in [1.807, 2.05) is 13.0 Å². The van der Waals surface area contributed by atoms with Gasteiger partial charge in [-0.15, -0.1) is 0 Å². The number of likely N-dealkylation sites (tertiary alicyclic amines) is 1. The number of aryl methyl sites for hydroxylation is 1. The molecule has 19 heavy (non-hydrogen) atoms. The molecule has 0 saturated carbocycles. The molecule has 0 spiro atoms. The Morgan fingerprint density at radius 1 is 1.37 bits per heavy atom. The molecule has 0 atom stereocenters. The van der Waals surface area contributed by atoms with Crippen LogP contribution in [0.25, 0.3) is 0 Å². The quantitative estimate of drug-likeness (QED) is 0.781. The summed E-state index contributed by atoms with van der Waals surface area (Å²) in [6.07, 6.45) is 3.51. The number of piperidine rings is 1. The number of aromatic nitrogens is 1. The van der Waals surface area contributed by atoms with Crippen LogP contribution in [0.2, 0.25) is 0 Å². The van der Waals surface area contributed by atoms with Gasteiger partial charge in [0.2, 0.25) is 0 Å².